The van der Waals surface area contributed by atoms with Crippen LogP contribution in [0.1, 0.15) is 28.3 Å². The molecule has 0 aliphatic carbocycles. The van der Waals surface area contributed by atoms with Crippen molar-refractivity contribution in [1.29, 1.82) is 0 Å². The van der Waals surface area contributed by atoms with Crippen LogP contribution in [0.2, 0.25) is 0 Å². The van der Waals surface area contributed by atoms with Gasteiger partial charge in [0.2, 0.25) is 0 Å². The molecule has 2 aromatic rings. The predicted molar refractivity (Wildman–Crippen MR) is 80.9 cm³/mol. The molecule has 0 saturated carbocycles. The first-order chi connectivity index (χ1) is 9.01. The van der Waals surface area contributed by atoms with Gasteiger partial charge in [0.25, 0.3) is 0 Å². The van der Waals surface area contributed by atoms with E-state index in [0.717, 1.165) is 21.2 Å². The summed E-state index contributed by atoms with van der Waals surface area (Å²) < 4.78 is 14.6. The zero-order chi connectivity index (χ0) is 14.0. The number of nitrogens with one attached hydrogen (secondary N) is 1. The standard InChI is InChI=1S/C16H17BrFN/c1-10-6-12(8-14(18)7-10)16(19-3)15-9-13(17)5-4-11(15)2/h4-9,16,19H,1-3H3. The van der Waals surface area contributed by atoms with E-state index in [4.69, 9.17) is 0 Å². The summed E-state index contributed by atoms with van der Waals surface area (Å²) in [6, 6.07) is 11.3. The Morgan fingerprint density at radius 3 is 2.47 bits per heavy atom. The van der Waals surface area contributed by atoms with Crippen molar-refractivity contribution in [2.45, 2.75) is 19.9 Å². The van der Waals surface area contributed by atoms with Crippen molar-refractivity contribution in [2.75, 3.05) is 7.05 Å². The molecule has 1 nitrogen and oxygen atoms in total. The molecule has 2 aromatic carbocycles. The first-order valence-electron chi connectivity index (χ1n) is 6.21. The Balaban J connectivity index is 2.52. The van der Waals surface area contributed by atoms with E-state index >= 15 is 0 Å². The Morgan fingerprint density at radius 1 is 1.11 bits per heavy atom. The maximum Gasteiger partial charge on any atom is 0.123 e. The van der Waals surface area contributed by atoms with E-state index in [1.54, 1.807) is 12.1 Å². The lowest BCUT2D eigenvalue weighted by molar-refractivity contribution is 0.614. The Kier molecular flexibility index (Phi) is 4.38. The Labute approximate surface area is 122 Å². The molecule has 1 unspecified atom stereocenters. The molecule has 1 N–H and O–H groups in total. The van der Waals surface area contributed by atoms with Gasteiger partial charge in [-0.05, 0) is 67.4 Å². The smallest absolute Gasteiger partial charge is 0.123 e. The lowest BCUT2D eigenvalue weighted by atomic mass is 9.94. The second-order valence-corrected chi connectivity index (χ2v) is 5.70. The Hall–Kier alpha value is -1.19. The van der Waals surface area contributed by atoms with Crippen LogP contribution in [0.3, 0.4) is 0 Å². The fourth-order valence-corrected chi connectivity index (χ4v) is 2.73. The summed E-state index contributed by atoms with van der Waals surface area (Å²) in [5.74, 6) is -0.192. The molecule has 0 fully saturated rings. The van der Waals surface area contributed by atoms with E-state index in [1.807, 2.05) is 26.1 Å². The van der Waals surface area contributed by atoms with Crippen LogP contribution in [0.5, 0.6) is 0 Å². The zero-order valence-corrected chi connectivity index (χ0v) is 12.9. The predicted octanol–water partition coefficient (Wildman–Crippen LogP) is 4.51. The lowest BCUT2D eigenvalue weighted by Crippen LogP contribution is -2.19. The van der Waals surface area contributed by atoms with Gasteiger partial charge >= 0.3 is 0 Å². The Morgan fingerprint density at radius 2 is 1.84 bits per heavy atom. The topological polar surface area (TPSA) is 12.0 Å². The highest BCUT2D eigenvalue weighted by Gasteiger charge is 2.15. The van der Waals surface area contributed by atoms with Crippen molar-refractivity contribution in [3.8, 4) is 0 Å². The molecule has 19 heavy (non-hydrogen) atoms. The summed E-state index contributed by atoms with van der Waals surface area (Å²) >= 11 is 3.49. The van der Waals surface area contributed by atoms with Crippen molar-refractivity contribution in [3.05, 3.63) is 68.9 Å². The molecule has 0 heterocycles. The van der Waals surface area contributed by atoms with Crippen LogP contribution in [0.25, 0.3) is 0 Å². The highest BCUT2D eigenvalue weighted by Crippen LogP contribution is 2.28. The van der Waals surface area contributed by atoms with Gasteiger partial charge < -0.3 is 5.32 Å². The van der Waals surface area contributed by atoms with Crippen LogP contribution < -0.4 is 5.32 Å². The molecule has 0 bridgehead atoms. The summed E-state index contributed by atoms with van der Waals surface area (Å²) in [4.78, 5) is 0. The van der Waals surface area contributed by atoms with Gasteiger partial charge in [-0.3, -0.25) is 0 Å². The fraction of sp³-hybridized carbons (Fsp3) is 0.250. The third kappa shape index (κ3) is 3.23. The SMILES string of the molecule is CNC(c1cc(C)cc(F)c1)c1cc(Br)ccc1C. The Bertz CT molecular complexity index is 575. The van der Waals surface area contributed by atoms with Gasteiger partial charge in [0.05, 0.1) is 6.04 Å². The van der Waals surface area contributed by atoms with E-state index < -0.39 is 0 Å². The van der Waals surface area contributed by atoms with Gasteiger partial charge in [-0.2, -0.15) is 0 Å². The minimum atomic E-state index is -0.192. The average Bonchev–Trinajstić information content (AvgIpc) is 2.33. The second-order valence-electron chi connectivity index (χ2n) is 4.78. The van der Waals surface area contributed by atoms with Gasteiger partial charge in [-0.25, -0.2) is 4.39 Å². The van der Waals surface area contributed by atoms with Crippen LogP contribution in [0.15, 0.2) is 40.9 Å². The molecule has 2 rings (SSSR count). The van der Waals surface area contributed by atoms with Gasteiger partial charge in [-0.1, -0.05) is 28.1 Å². The van der Waals surface area contributed by atoms with Crippen LogP contribution in [-0.2, 0) is 0 Å². The minimum absolute atomic E-state index is 0.00750. The average molecular weight is 322 g/mol. The number of hydrogen-bond donors (Lipinski definition) is 1. The molecule has 0 radical (unpaired) electrons. The molecule has 100 valence electrons. The van der Waals surface area contributed by atoms with Crippen LogP contribution in [0.4, 0.5) is 4.39 Å². The maximum absolute atomic E-state index is 13.6. The number of rotatable bonds is 3. The summed E-state index contributed by atoms with van der Waals surface area (Å²) in [6.45, 7) is 3.98. The lowest BCUT2D eigenvalue weighted by Gasteiger charge is -2.20. The van der Waals surface area contributed by atoms with E-state index in [2.05, 4.69) is 40.3 Å². The molecule has 0 aliphatic rings. The molecule has 0 amide bonds. The van der Waals surface area contributed by atoms with Crippen molar-refractivity contribution >= 4 is 15.9 Å². The van der Waals surface area contributed by atoms with Gasteiger partial charge in [0, 0.05) is 4.47 Å². The summed E-state index contributed by atoms with van der Waals surface area (Å²) in [5, 5.41) is 3.27. The summed E-state index contributed by atoms with van der Waals surface area (Å²) in [6.07, 6.45) is 0. The van der Waals surface area contributed by atoms with Crippen LogP contribution in [0, 0.1) is 19.7 Å². The normalized spacial score (nSPS) is 12.5. The molecule has 0 aromatic heterocycles. The van der Waals surface area contributed by atoms with Crippen molar-refractivity contribution in [1.82, 2.24) is 5.32 Å². The molecule has 0 aliphatic heterocycles. The van der Waals surface area contributed by atoms with Gasteiger partial charge in [0.1, 0.15) is 5.82 Å². The van der Waals surface area contributed by atoms with Crippen molar-refractivity contribution in [2.24, 2.45) is 0 Å². The summed E-state index contributed by atoms with van der Waals surface area (Å²) in [7, 11) is 1.89. The summed E-state index contributed by atoms with van der Waals surface area (Å²) in [5.41, 5.74) is 4.22. The highest BCUT2D eigenvalue weighted by atomic mass is 79.9. The monoisotopic (exact) mass is 321 g/mol. The van der Waals surface area contributed by atoms with E-state index in [0.29, 0.717) is 0 Å². The quantitative estimate of drug-likeness (QED) is 0.876. The maximum atomic E-state index is 13.6. The first kappa shape index (κ1) is 14.2. The zero-order valence-electron chi connectivity index (χ0n) is 11.3. The van der Waals surface area contributed by atoms with E-state index in [-0.39, 0.29) is 11.9 Å². The van der Waals surface area contributed by atoms with E-state index in [1.165, 1.54) is 5.56 Å². The highest BCUT2D eigenvalue weighted by molar-refractivity contribution is 9.10. The van der Waals surface area contributed by atoms with E-state index in [9.17, 15) is 4.39 Å². The minimum Gasteiger partial charge on any atom is -0.309 e. The van der Waals surface area contributed by atoms with Crippen molar-refractivity contribution < 1.29 is 4.39 Å². The largest absolute Gasteiger partial charge is 0.309 e. The van der Waals surface area contributed by atoms with Crippen LogP contribution >= 0.6 is 15.9 Å². The molecule has 0 spiro atoms. The van der Waals surface area contributed by atoms with Crippen molar-refractivity contribution in [3.63, 3.8) is 0 Å². The third-order valence-corrected chi connectivity index (χ3v) is 3.73. The molecule has 1 atom stereocenters. The number of hydrogen-bond acceptors (Lipinski definition) is 1. The second kappa shape index (κ2) is 5.85. The van der Waals surface area contributed by atoms with Crippen LogP contribution in [-0.4, -0.2) is 7.05 Å². The first-order valence-corrected chi connectivity index (χ1v) is 7.01. The number of aryl methyl sites for hydroxylation is 2. The number of benzene rings is 2. The molecular weight excluding hydrogens is 305 g/mol. The molecule has 0 saturated heterocycles. The molecule has 3 heteroatoms. The van der Waals surface area contributed by atoms with Gasteiger partial charge in [-0.15, -0.1) is 0 Å². The fourth-order valence-electron chi connectivity index (χ4n) is 2.36. The third-order valence-electron chi connectivity index (χ3n) is 3.24. The number of halogens is 2. The molecular formula is C16H17BrFN. The van der Waals surface area contributed by atoms with Gasteiger partial charge in [0.15, 0.2) is 0 Å².